The summed E-state index contributed by atoms with van der Waals surface area (Å²) in [6.07, 6.45) is 2.15. The van der Waals surface area contributed by atoms with Crippen LogP contribution in [0.2, 0.25) is 0 Å². The predicted molar refractivity (Wildman–Crippen MR) is 85.6 cm³/mol. The second-order valence-electron chi connectivity index (χ2n) is 5.75. The summed E-state index contributed by atoms with van der Waals surface area (Å²) < 4.78 is 7.60. The average Bonchev–Trinajstić information content (AvgIpc) is 3.01. The molecule has 1 aliphatic heterocycles. The van der Waals surface area contributed by atoms with Gasteiger partial charge in [0, 0.05) is 60.7 Å². The molecule has 0 aromatic carbocycles. The quantitative estimate of drug-likeness (QED) is 0.851. The maximum absolute atomic E-state index is 5.67. The molecule has 0 fully saturated rings. The summed E-state index contributed by atoms with van der Waals surface area (Å²) in [5.74, 6) is 0.385. The van der Waals surface area contributed by atoms with Crippen molar-refractivity contribution in [3.05, 3.63) is 39.3 Å². The first-order chi connectivity index (χ1) is 10.2. The molecule has 0 N–H and O–H groups in total. The molecule has 3 rings (SSSR count). The number of nitrogens with zero attached hydrogens (tertiary/aromatic N) is 3. The summed E-state index contributed by atoms with van der Waals surface area (Å²) in [5.41, 5.74) is 2.58. The van der Waals surface area contributed by atoms with Crippen molar-refractivity contribution in [2.45, 2.75) is 32.9 Å². The van der Waals surface area contributed by atoms with Crippen LogP contribution >= 0.6 is 11.3 Å². The zero-order chi connectivity index (χ0) is 14.8. The van der Waals surface area contributed by atoms with E-state index >= 15 is 0 Å². The normalized spacial score (nSPS) is 18.9. The fraction of sp³-hybridized carbons (Fsp3) is 0.562. The summed E-state index contributed by atoms with van der Waals surface area (Å²) >= 11 is 1.89. The van der Waals surface area contributed by atoms with Crippen molar-refractivity contribution in [1.82, 2.24) is 14.7 Å². The highest BCUT2D eigenvalue weighted by Crippen LogP contribution is 2.29. The molecule has 0 bridgehead atoms. The molecular weight excluding hydrogens is 282 g/mol. The Hall–Kier alpha value is -1.17. The topological polar surface area (TPSA) is 30.3 Å². The Morgan fingerprint density at radius 3 is 3.00 bits per heavy atom. The second kappa shape index (κ2) is 6.30. The highest BCUT2D eigenvalue weighted by atomic mass is 32.1. The van der Waals surface area contributed by atoms with E-state index in [1.807, 2.05) is 30.0 Å². The van der Waals surface area contributed by atoms with Gasteiger partial charge >= 0.3 is 0 Å². The van der Waals surface area contributed by atoms with Crippen LogP contribution in [0.4, 0.5) is 0 Å². The van der Waals surface area contributed by atoms with E-state index in [2.05, 4.69) is 35.3 Å². The van der Waals surface area contributed by atoms with Gasteiger partial charge in [0.05, 0.1) is 12.3 Å². The number of fused-ring (bicyclic) bond motifs is 1. The number of hydrogen-bond acceptors (Lipinski definition) is 4. The fourth-order valence-corrected chi connectivity index (χ4v) is 3.96. The summed E-state index contributed by atoms with van der Waals surface area (Å²) in [4.78, 5) is 5.34. The molecular formula is C16H23N3OS. The lowest BCUT2D eigenvalue weighted by atomic mass is 9.97. The Morgan fingerprint density at radius 1 is 1.43 bits per heavy atom. The van der Waals surface area contributed by atoms with Crippen molar-refractivity contribution >= 4 is 11.3 Å². The first kappa shape index (κ1) is 14.8. The van der Waals surface area contributed by atoms with E-state index in [0.29, 0.717) is 5.92 Å². The molecule has 0 spiro atoms. The molecule has 21 heavy (non-hydrogen) atoms. The van der Waals surface area contributed by atoms with Gasteiger partial charge < -0.3 is 4.74 Å². The fourth-order valence-electron chi connectivity index (χ4n) is 3.03. The van der Waals surface area contributed by atoms with Crippen LogP contribution in [0.3, 0.4) is 0 Å². The summed E-state index contributed by atoms with van der Waals surface area (Å²) in [5, 5.41) is 4.64. The molecule has 4 nitrogen and oxygen atoms in total. The van der Waals surface area contributed by atoms with E-state index in [9.17, 15) is 0 Å². The van der Waals surface area contributed by atoms with E-state index in [1.54, 1.807) is 0 Å². The van der Waals surface area contributed by atoms with E-state index in [-0.39, 0.29) is 0 Å². The van der Waals surface area contributed by atoms with Crippen molar-refractivity contribution in [2.24, 2.45) is 7.05 Å². The van der Waals surface area contributed by atoms with Crippen LogP contribution in [-0.2, 0) is 24.9 Å². The molecule has 3 heterocycles. The molecule has 0 unspecified atom stereocenters. The van der Waals surface area contributed by atoms with Crippen LogP contribution < -0.4 is 0 Å². The third-order valence-corrected chi connectivity index (χ3v) is 4.88. The second-order valence-corrected chi connectivity index (χ2v) is 7.12. The van der Waals surface area contributed by atoms with Gasteiger partial charge in [0.2, 0.25) is 0 Å². The maximum Gasteiger partial charge on any atom is 0.0736 e. The summed E-state index contributed by atoms with van der Waals surface area (Å²) in [6, 6.07) is 4.45. The van der Waals surface area contributed by atoms with Crippen LogP contribution in [0.15, 0.2) is 18.3 Å². The Bertz CT molecular complexity index is 604. The maximum atomic E-state index is 5.67. The number of thiophene rings is 1. The van der Waals surface area contributed by atoms with Crippen LogP contribution in [-0.4, -0.2) is 34.4 Å². The Balaban J connectivity index is 1.76. The highest BCUT2D eigenvalue weighted by molar-refractivity contribution is 7.11. The first-order valence-corrected chi connectivity index (χ1v) is 8.35. The van der Waals surface area contributed by atoms with E-state index < -0.39 is 0 Å². The minimum Gasteiger partial charge on any atom is -0.381 e. The smallest absolute Gasteiger partial charge is 0.0736 e. The molecule has 1 aliphatic rings. The van der Waals surface area contributed by atoms with Crippen LogP contribution in [0, 0.1) is 6.92 Å². The molecule has 0 aliphatic carbocycles. The van der Waals surface area contributed by atoms with Gasteiger partial charge in [-0.15, -0.1) is 11.3 Å². The zero-order valence-corrected chi connectivity index (χ0v) is 13.8. The van der Waals surface area contributed by atoms with Crippen molar-refractivity contribution in [3.63, 3.8) is 0 Å². The number of aryl methyl sites for hydroxylation is 2. The van der Waals surface area contributed by atoms with Crippen molar-refractivity contribution < 1.29 is 4.74 Å². The Labute approximate surface area is 130 Å². The average molecular weight is 305 g/mol. The summed E-state index contributed by atoms with van der Waals surface area (Å²) in [6.45, 7) is 8.79. The molecule has 1 atom stereocenters. The SMILES string of the molecule is CCOC[C@@H]1CN(Cc2ccc(C)s2)Cc2cn(C)nc21. The number of rotatable bonds is 5. The predicted octanol–water partition coefficient (Wildman–Crippen LogP) is 2.93. The molecule has 0 saturated carbocycles. The molecule has 0 amide bonds. The molecule has 0 saturated heterocycles. The van der Waals surface area contributed by atoms with Crippen molar-refractivity contribution in [1.29, 1.82) is 0 Å². The zero-order valence-electron chi connectivity index (χ0n) is 13.0. The minimum absolute atomic E-state index is 0.385. The van der Waals surface area contributed by atoms with Crippen LogP contribution in [0.25, 0.3) is 0 Å². The van der Waals surface area contributed by atoms with Gasteiger partial charge in [0.25, 0.3) is 0 Å². The lowest BCUT2D eigenvalue weighted by Gasteiger charge is -2.31. The van der Waals surface area contributed by atoms with Gasteiger partial charge in [0.1, 0.15) is 0 Å². The van der Waals surface area contributed by atoms with Crippen LogP contribution in [0.5, 0.6) is 0 Å². The van der Waals surface area contributed by atoms with Gasteiger partial charge in [-0.1, -0.05) is 0 Å². The van der Waals surface area contributed by atoms with Gasteiger partial charge in [-0.25, -0.2) is 0 Å². The molecule has 114 valence electrons. The molecule has 5 heteroatoms. The van der Waals surface area contributed by atoms with Gasteiger partial charge in [0.15, 0.2) is 0 Å². The standard InChI is InChI=1S/C16H23N3OS/c1-4-20-11-14-9-19(10-15-6-5-12(2)21-15)8-13-7-18(3)17-16(13)14/h5-7,14H,4,8-11H2,1-3H3/t14-/m0/s1. The van der Waals surface area contributed by atoms with Gasteiger partial charge in [-0.2, -0.15) is 5.10 Å². The Morgan fingerprint density at radius 2 is 2.29 bits per heavy atom. The molecule has 0 radical (unpaired) electrons. The Kier molecular flexibility index (Phi) is 4.42. The lowest BCUT2D eigenvalue weighted by molar-refractivity contribution is 0.104. The first-order valence-electron chi connectivity index (χ1n) is 7.53. The number of hydrogen-bond donors (Lipinski definition) is 0. The van der Waals surface area contributed by atoms with Gasteiger partial charge in [-0.3, -0.25) is 9.58 Å². The van der Waals surface area contributed by atoms with Crippen LogP contribution in [0.1, 0.15) is 33.9 Å². The third kappa shape index (κ3) is 3.36. The summed E-state index contributed by atoms with van der Waals surface area (Å²) in [7, 11) is 2.00. The highest BCUT2D eigenvalue weighted by Gasteiger charge is 2.28. The molecule has 2 aromatic rings. The van der Waals surface area contributed by atoms with Gasteiger partial charge in [-0.05, 0) is 26.0 Å². The van der Waals surface area contributed by atoms with Crippen molar-refractivity contribution in [2.75, 3.05) is 19.8 Å². The van der Waals surface area contributed by atoms with E-state index in [0.717, 1.165) is 32.8 Å². The van der Waals surface area contributed by atoms with E-state index in [4.69, 9.17) is 4.74 Å². The minimum atomic E-state index is 0.385. The third-order valence-electron chi connectivity index (χ3n) is 3.89. The monoisotopic (exact) mass is 305 g/mol. The molecule has 2 aromatic heterocycles. The number of aromatic nitrogens is 2. The van der Waals surface area contributed by atoms with E-state index in [1.165, 1.54) is 21.0 Å². The largest absolute Gasteiger partial charge is 0.381 e. The number of ether oxygens (including phenoxy) is 1. The lowest BCUT2D eigenvalue weighted by Crippen LogP contribution is -2.34. The van der Waals surface area contributed by atoms with Crippen molar-refractivity contribution in [3.8, 4) is 0 Å².